The molecular weight excluding hydrogens is 316 g/mol. The van der Waals surface area contributed by atoms with Gasteiger partial charge in [0.25, 0.3) is 5.91 Å². The predicted octanol–water partition coefficient (Wildman–Crippen LogP) is 3.07. The summed E-state index contributed by atoms with van der Waals surface area (Å²) in [6, 6.07) is 9.75. The topological polar surface area (TPSA) is 72.2 Å². The van der Waals surface area contributed by atoms with Crippen LogP contribution >= 0.6 is 23.1 Å². The van der Waals surface area contributed by atoms with Crippen molar-refractivity contribution in [3.63, 3.8) is 0 Å². The number of thiophene rings is 1. The summed E-state index contributed by atoms with van der Waals surface area (Å²) in [5.74, 6) is -0.258. The number of thioether (sulfide) groups is 1. The third kappa shape index (κ3) is 3.18. The minimum absolute atomic E-state index is 0.115. The van der Waals surface area contributed by atoms with Crippen LogP contribution in [0.15, 0.2) is 35.2 Å². The highest BCUT2D eigenvalue weighted by molar-refractivity contribution is 8.00. The van der Waals surface area contributed by atoms with Gasteiger partial charge in [-0.15, -0.1) is 23.1 Å². The van der Waals surface area contributed by atoms with Gasteiger partial charge in [0, 0.05) is 9.77 Å². The lowest BCUT2D eigenvalue weighted by Gasteiger charge is -2.06. The molecule has 4 nitrogen and oxygen atoms in total. The maximum absolute atomic E-state index is 12.1. The zero-order valence-electron chi connectivity index (χ0n) is 11.9. The molecule has 0 saturated carbocycles. The maximum Gasteiger partial charge on any atom is 0.251 e. The van der Waals surface area contributed by atoms with E-state index in [1.54, 1.807) is 0 Å². The van der Waals surface area contributed by atoms with Crippen LogP contribution < -0.4 is 11.1 Å². The number of benzene rings is 1. The summed E-state index contributed by atoms with van der Waals surface area (Å²) in [4.78, 5) is 26.0. The first-order valence-corrected chi connectivity index (χ1v) is 8.87. The van der Waals surface area contributed by atoms with Gasteiger partial charge in [-0.05, 0) is 37.0 Å². The van der Waals surface area contributed by atoms with E-state index in [0.717, 1.165) is 29.7 Å². The highest BCUT2D eigenvalue weighted by Gasteiger charge is 2.25. The predicted molar refractivity (Wildman–Crippen MR) is 90.7 cm³/mol. The molecule has 0 atom stereocenters. The Balaban J connectivity index is 1.68. The molecule has 0 aliphatic heterocycles. The molecule has 1 aliphatic rings. The summed E-state index contributed by atoms with van der Waals surface area (Å²) in [6.45, 7) is 0. The van der Waals surface area contributed by atoms with Gasteiger partial charge in [-0.3, -0.25) is 9.59 Å². The number of hydrogen-bond donors (Lipinski definition) is 2. The van der Waals surface area contributed by atoms with Crippen LogP contribution in [-0.4, -0.2) is 17.6 Å². The van der Waals surface area contributed by atoms with Crippen LogP contribution in [0, 0.1) is 0 Å². The first-order valence-electron chi connectivity index (χ1n) is 7.07. The van der Waals surface area contributed by atoms with Gasteiger partial charge < -0.3 is 11.1 Å². The third-order valence-electron chi connectivity index (χ3n) is 3.53. The molecule has 2 amide bonds. The van der Waals surface area contributed by atoms with Crippen molar-refractivity contribution in [3.8, 4) is 0 Å². The Labute approximate surface area is 137 Å². The van der Waals surface area contributed by atoms with Crippen LogP contribution in [0.3, 0.4) is 0 Å². The first kappa shape index (κ1) is 15.1. The maximum atomic E-state index is 12.1. The highest BCUT2D eigenvalue weighted by Crippen LogP contribution is 2.38. The largest absolute Gasteiger partial charge is 0.365 e. The molecule has 6 heteroatoms. The standard InChI is InChI=1S/C16H16N2O2S2/c17-15(20)14-11-7-4-8-12(11)22-16(14)18-13(19)9-21-10-5-2-1-3-6-10/h1-3,5-6H,4,7-9H2,(H2,17,20)(H,18,19). The molecule has 2 aromatic rings. The van der Waals surface area contributed by atoms with Crippen LogP contribution in [0.4, 0.5) is 5.00 Å². The normalized spacial score (nSPS) is 12.9. The van der Waals surface area contributed by atoms with E-state index in [1.165, 1.54) is 28.0 Å². The monoisotopic (exact) mass is 332 g/mol. The molecule has 3 rings (SSSR count). The zero-order chi connectivity index (χ0) is 15.5. The van der Waals surface area contributed by atoms with E-state index in [0.29, 0.717) is 16.3 Å². The van der Waals surface area contributed by atoms with Crippen molar-refractivity contribution >= 4 is 39.9 Å². The number of amides is 2. The van der Waals surface area contributed by atoms with E-state index in [4.69, 9.17) is 5.73 Å². The number of primary amides is 1. The van der Waals surface area contributed by atoms with Crippen LogP contribution in [0.25, 0.3) is 0 Å². The molecule has 0 saturated heterocycles. The van der Waals surface area contributed by atoms with Crippen molar-refractivity contribution in [1.82, 2.24) is 0 Å². The fourth-order valence-corrected chi connectivity index (χ4v) is 4.61. The zero-order valence-corrected chi connectivity index (χ0v) is 13.6. The Bertz CT molecular complexity index is 710. The van der Waals surface area contributed by atoms with Crippen LogP contribution in [0.2, 0.25) is 0 Å². The van der Waals surface area contributed by atoms with Gasteiger partial charge in [-0.2, -0.15) is 0 Å². The van der Waals surface area contributed by atoms with Gasteiger partial charge in [-0.1, -0.05) is 18.2 Å². The summed E-state index contributed by atoms with van der Waals surface area (Å²) in [5, 5.41) is 3.46. The van der Waals surface area contributed by atoms with E-state index < -0.39 is 5.91 Å². The lowest BCUT2D eigenvalue weighted by atomic mass is 10.1. The quantitative estimate of drug-likeness (QED) is 0.827. The number of anilines is 1. The van der Waals surface area contributed by atoms with Crippen molar-refractivity contribution in [3.05, 3.63) is 46.3 Å². The average Bonchev–Trinajstić information content (AvgIpc) is 3.06. The van der Waals surface area contributed by atoms with Crippen molar-refractivity contribution in [2.24, 2.45) is 5.73 Å². The van der Waals surface area contributed by atoms with Crippen molar-refractivity contribution in [1.29, 1.82) is 0 Å². The molecule has 0 bridgehead atoms. The second-order valence-electron chi connectivity index (χ2n) is 5.08. The third-order valence-corrected chi connectivity index (χ3v) is 5.75. The van der Waals surface area contributed by atoms with E-state index >= 15 is 0 Å². The molecule has 0 fully saturated rings. The van der Waals surface area contributed by atoms with Gasteiger partial charge in [0.2, 0.25) is 5.91 Å². The van der Waals surface area contributed by atoms with E-state index in [1.807, 2.05) is 30.3 Å². The van der Waals surface area contributed by atoms with Crippen molar-refractivity contribution < 1.29 is 9.59 Å². The number of hydrogen-bond acceptors (Lipinski definition) is 4. The molecule has 22 heavy (non-hydrogen) atoms. The first-order chi connectivity index (χ1) is 10.6. The Morgan fingerprint density at radius 1 is 1.23 bits per heavy atom. The summed E-state index contributed by atoms with van der Waals surface area (Å²) >= 11 is 2.95. The minimum atomic E-state index is -0.453. The lowest BCUT2D eigenvalue weighted by Crippen LogP contribution is -2.18. The molecular formula is C16H16N2O2S2. The highest BCUT2D eigenvalue weighted by atomic mass is 32.2. The Morgan fingerprint density at radius 2 is 2.00 bits per heavy atom. The molecule has 0 unspecified atom stereocenters. The van der Waals surface area contributed by atoms with E-state index in [2.05, 4.69) is 5.32 Å². The summed E-state index contributed by atoms with van der Waals surface area (Å²) in [6.07, 6.45) is 2.90. The van der Waals surface area contributed by atoms with Gasteiger partial charge in [0.1, 0.15) is 5.00 Å². The summed E-state index contributed by atoms with van der Waals surface area (Å²) in [5.41, 5.74) is 7.02. The number of carbonyl (C=O) groups excluding carboxylic acids is 2. The minimum Gasteiger partial charge on any atom is -0.365 e. The number of carbonyl (C=O) groups is 2. The van der Waals surface area contributed by atoms with Crippen LogP contribution in [0.5, 0.6) is 0 Å². The Hall–Kier alpha value is -1.79. The molecule has 1 heterocycles. The second-order valence-corrected chi connectivity index (χ2v) is 7.23. The molecule has 3 N–H and O–H groups in total. The molecule has 114 valence electrons. The van der Waals surface area contributed by atoms with Gasteiger partial charge in [0.05, 0.1) is 11.3 Å². The molecule has 1 aromatic carbocycles. The molecule has 0 radical (unpaired) electrons. The summed E-state index contributed by atoms with van der Waals surface area (Å²) in [7, 11) is 0. The lowest BCUT2D eigenvalue weighted by molar-refractivity contribution is -0.113. The number of nitrogens with two attached hydrogens (primary N) is 1. The van der Waals surface area contributed by atoms with Gasteiger partial charge in [0.15, 0.2) is 0 Å². The van der Waals surface area contributed by atoms with Gasteiger partial charge >= 0.3 is 0 Å². The molecule has 0 spiro atoms. The Morgan fingerprint density at radius 3 is 2.73 bits per heavy atom. The number of rotatable bonds is 5. The number of nitrogens with one attached hydrogen (secondary N) is 1. The fraction of sp³-hybridized carbons (Fsp3) is 0.250. The van der Waals surface area contributed by atoms with E-state index in [9.17, 15) is 9.59 Å². The van der Waals surface area contributed by atoms with E-state index in [-0.39, 0.29) is 5.91 Å². The van der Waals surface area contributed by atoms with Crippen molar-refractivity contribution in [2.75, 3.05) is 11.1 Å². The summed E-state index contributed by atoms with van der Waals surface area (Å²) < 4.78 is 0. The van der Waals surface area contributed by atoms with Crippen molar-refractivity contribution in [2.45, 2.75) is 24.2 Å². The number of aryl methyl sites for hydroxylation is 1. The van der Waals surface area contributed by atoms with Crippen LogP contribution in [0.1, 0.15) is 27.2 Å². The number of fused-ring (bicyclic) bond motifs is 1. The fourth-order valence-electron chi connectivity index (χ4n) is 2.58. The molecule has 1 aromatic heterocycles. The average molecular weight is 332 g/mol. The van der Waals surface area contributed by atoms with Gasteiger partial charge in [-0.25, -0.2) is 0 Å². The van der Waals surface area contributed by atoms with Crippen LogP contribution in [-0.2, 0) is 17.6 Å². The Kier molecular flexibility index (Phi) is 4.49. The SMILES string of the molecule is NC(=O)c1c(NC(=O)CSc2ccccc2)sc2c1CCC2. The molecule has 1 aliphatic carbocycles. The second kappa shape index (κ2) is 6.54. The smallest absolute Gasteiger partial charge is 0.251 e.